The minimum atomic E-state index is -4.64. The van der Waals surface area contributed by atoms with Crippen molar-refractivity contribution in [1.82, 2.24) is 0 Å². The van der Waals surface area contributed by atoms with E-state index in [1.54, 1.807) is 0 Å². The van der Waals surface area contributed by atoms with Gasteiger partial charge in [-0.1, -0.05) is 34.6 Å². The van der Waals surface area contributed by atoms with Gasteiger partial charge in [0.05, 0.1) is 23.0 Å². The Kier molecular flexibility index (Phi) is 12.8. The molecule has 1 atom stereocenters. The Labute approximate surface area is 192 Å². The van der Waals surface area contributed by atoms with Crippen LogP contribution >= 0.6 is 0 Å². The molecule has 194 valence electrons. The molecule has 0 aliphatic carbocycles. The summed E-state index contributed by atoms with van der Waals surface area (Å²) in [5.74, 6) is -5.90. The maximum Gasteiger partial charge on any atom is 0.355 e. The summed E-state index contributed by atoms with van der Waals surface area (Å²) in [5.41, 5.74) is 0. The molecular weight excluding hydrogens is 512 g/mol. The molecule has 0 heterocycles. The average molecular weight is 547 g/mol. The molecule has 16 heteroatoms. The lowest BCUT2D eigenvalue weighted by Crippen LogP contribution is -2.55. The highest BCUT2D eigenvalue weighted by atomic mass is 32.2. The number of hydrogen-bond donors (Lipinski definition) is 0. The maximum atomic E-state index is 12.5. The standard InChI is InChI=1S/C16H34O12S4/c1-6-11-29(17,18)25-15(10-5)16(26-30(19,20)12-7-2,27-31(21,22)13-8-3)28-32(23,24)14-9-4/h15H,6-14H2,1-5H3. The molecule has 0 aromatic rings. The second kappa shape index (κ2) is 12.9. The molecule has 0 aliphatic rings. The molecule has 0 aromatic carbocycles. The fraction of sp³-hybridized carbons (Fsp3) is 1.00. The molecule has 0 radical (unpaired) electrons. The van der Waals surface area contributed by atoms with Gasteiger partial charge in [0.15, 0.2) is 6.10 Å². The van der Waals surface area contributed by atoms with Crippen molar-refractivity contribution in [2.75, 3.05) is 23.0 Å². The smallest absolute Gasteiger partial charge is 0.258 e. The Balaban J connectivity index is 6.91. The molecule has 0 rings (SSSR count). The van der Waals surface area contributed by atoms with Crippen LogP contribution in [0.1, 0.15) is 66.7 Å². The van der Waals surface area contributed by atoms with Crippen molar-refractivity contribution < 1.29 is 50.4 Å². The summed E-state index contributed by atoms with van der Waals surface area (Å²) in [6.45, 7) is 7.26. The van der Waals surface area contributed by atoms with E-state index in [9.17, 15) is 33.7 Å². The van der Waals surface area contributed by atoms with Crippen molar-refractivity contribution in [3.63, 3.8) is 0 Å². The summed E-state index contributed by atoms with van der Waals surface area (Å²) < 4.78 is 119. The Morgan fingerprint density at radius 3 is 1.06 bits per heavy atom. The molecule has 0 saturated carbocycles. The molecule has 32 heavy (non-hydrogen) atoms. The lowest BCUT2D eigenvalue weighted by atomic mass is 10.2. The van der Waals surface area contributed by atoms with Crippen LogP contribution in [-0.4, -0.2) is 68.8 Å². The largest absolute Gasteiger partial charge is 0.355 e. The second-order valence-electron chi connectivity index (χ2n) is 6.89. The van der Waals surface area contributed by atoms with Gasteiger partial charge < -0.3 is 0 Å². The first-order chi connectivity index (χ1) is 14.5. The highest BCUT2D eigenvalue weighted by Gasteiger charge is 2.55. The Morgan fingerprint density at radius 1 is 0.531 bits per heavy atom. The highest BCUT2D eigenvalue weighted by molar-refractivity contribution is 7.88. The molecule has 0 spiro atoms. The maximum absolute atomic E-state index is 12.5. The summed E-state index contributed by atoms with van der Waals surface area (Å²) in [6.07, 6.45) is -2.34. The third-order valence-corrected chi connectivity index (χ3v) is 9.19. The van der Waals surface area contributed by atoms with E-state index in [1.165, 1.54) is 34.6 Å². The van der Waals surface area contributed by atoms with Gasteiger partial charge >= 0.3 is 5.97 Å². The Hall–Kier alpha value is -0.360. The first kappa shape index (κ1) is 31.6. The SMILES string of the molecule is CCCS(=O)(=O)OC(CC)C(OS(=O)(=O)CCC)(OS(=O)(=O)CCC)OS(=O)(=O)CCC. The van der Waals surface area contributed by atoms with Crippen LogP contribution in [0.25, 0.3) is 0 Å². The highest BCUT2D eigenvalue weighted by Crippen LogP contribution is 2.33. The van der Waals surface area contributed by atoms with Gasteiger partial charge in [0.2, 0.25) is 0 Å². The van der Waals surface area contributed by atoms with Crippen molar-refractivity contribution in [3.8, 4) is 0 Å². The van der Waals surface area contributed by atoms with E-state index in [0.717, 1.165) is 0 Å². The van der Waals surface area contributed by atoms with Gasteiger partial charge in [-0.25, -0.2) is 12.5 Å². The monoisotopic (exact) mass is 546 g/mol. The van der Waals surface area contributed by atoms with E-state index in [0.29, 0.717) is 0 Å². The zero-order chi connectivity index (χ0) is 25.3. The molecule has 0 saturated heterocycles. The van der Waals surface area contributed by atoms with E-state index < -0.39 is 82.0 Å². The van der Waals surface area contributed by atoms with Gasteiger partial charge in [0, 0.05) is 0 Å². The Morgan fingerprint density at radius 2 is 0.812 bits per heavy atom. The summed E-state index contributed by atoms with van der Waals surface area (Å²) in [6, 6.07) is 0. The normalized spacial score (nSPS) is 15.0. The van der Waals surface area contributed by atoms with Crippen LogP contribution in [0.4, 0.5) is 0 Å². The van der Waals surface area contributed by atoms with Crippen molar-refractivity contribution in [1.29, 1.82) is 0 Å². The van der Waals surface area contributed by atoms with Crippen LogP contribution in [-0.2, 0) is 57.2 Å². The van der Waals surface area contributed by atoms with Crippen LogP contribution in [0.5, 0.6) is 0 Å². The van der Waals surface area contributed by atoms with Crippen molar-refractivity contribution in [2.24, 2.45) is 0 Å². The first-order valence-corrected chi connectivity index (χ1v) is 16.5. The predicted octanol–water partition coefficient (Wildman–Crippen LogP) is 1.44. The fourth-order valence-corrected chi connectivity index (χ4v) is 7.13. The van der Waals surface area contributed by atoms with Crippen LogP contribution in [0.3, 0.4) is 0 Å². The summed E-state index contributed by atoms with van der Waals surface area (Å²) >= 11 is 0. The number of rotatable bonds is 18. The van der Waals surface area contributed by atoms with Crippen LogP contribution in [0, 0.1) is 0 Å². The molecule has 0 aliphatic heterocycles. The van der Waals surface area contributed by atoms with Crippen LogP contribution < -0.4 is 0 Å². The minimum Gasteiger partial charge on any atom is -0.258 e. The van der Waals surface area contributed by atoms with Crippen molar-refractivity contribution in [3.05, 3.63) is 0 Å². The Bertz CT molecular complexity index is 889. The first-order valence-electron chi connectivity index (χ1n) is 10.2. The summed E-state index contributed by atoms with van der Waals surface area (Å²) in [5, 5.41) is 0. The third-order valence-electron chi connectivity index (χ3n) is 3.57. The van der Waals surface area contributed by atoms with Gasteiger partial charge in [-0.05, 0) is 32.1 Å². The molecule has 12 nitrogen and oxygen atoms in total. The summed E-state index contributed by atoms with van der Waals surface area (Å²) in [7, 11) is -18.3. The van der Waals surface area contributed by atoms with E-state index in [2.05, 4.69) is 0 Å². The second-order valence-corrected chi connectivity index (χ2v) is 13.7. The topological polar surface area (TPSA) is 173 Å². The van der Waals surface area contributed by atoms with E-state index >= 15 is 0 Å². The molecule has 1 unspecified atom stereocenters. The molecule has 0 aromatic heterocycles. The van der Waals surface area contributed by atoms with Gasteiger partial charge in [-0.3, -0.25) is 4.18 Å². The van der Waals surface area contributed by atoms with Gasteiger partial charge in [-0.15, -0.1) is 0 Å². The van der Waals surface area contributed by atoms with Crippen molar-refractivity contribution >= 4 is 40.5 Å². The molecular formula is C16H34O12S4. The molecule has 0 bridgehead atoms. The quantitative estimate of drug-likeness (QED) is 0.179. The third kappa shape index (κ3) is 11.2. The molecule has 0 N–H and O–H groups in total. The van der Waals surface area contributed by atoms with E-state index in [1.807, 2.05) is 0 Å². The average Bonchev–Trinajstić information content (AvgIpc) is 2.57. The minimum absolute atomic E-state index is 0.0214. The zero-order valence-electron chi connectivity index (χ0n) is 19.0. The van der Waals surface area contributed by atoms with E-state index in [-0.39, 0.29) is 25.7 Å². The van der Waals surface area contributed by atoms with Gasteiger partial charge in [0.1, 0.15) is 0 Å². The lowest BCUT2D eigenvalue weighted by Gasteiger charge is -2.35. The number of hydrogen-bond acceptors (Lipinski definition) is 12. The summed E-state index contributed by atoms with van der Waals surface area (Å²) in [4.78, 5) is 0. The van der Waals surface area contributed by atoms with Gasteiger partial charge in [0.25, 0.3) is 40.5 Å². The van der Waals surface area contributed by atoms with Crippen LogP contribution in [0.2, 0.25) is 0 Å². The van der Waals surface area contributed by atoms with Gasteiger partial charge in [-0.2, -0.15) is 33.7 Å². The predicted molar refractivity (Wildman–Crippen MR) is 117 cm³/mol. The lowest BCUT2D eigenvalue weighted by molar-refractivity contribution is -0.289. The van der Waals surface area contributed by atoms with Crippen molar-refractivity contribution in [2.45, 2.75) is 78.8 Å². The zero-order valence-corrected chi connectivity index (χ0v) is 22.2. The van der Waals surface area contributed by atoms with E-state index in [4.69, 9.17) is 16.7 Å². The fourth-order valence-electron chi connectivity index (χ4n) is 2.46. The van der Waals surface area contributed by atoms with Crippen LogP contribution in [0.15, 0.2) is 0 Å². The molecule has 0 amide bonds. The molecule has 0 fully saturated rings.